The summed E-state index contributed by atoms with van der Waals surface area (Å²) in [4.78, 5) is 13.9. The molecule has 90 valence electrons. The minimum atomic E-state index is 0. The molecule has 0 spiro atoms. The van der Waals surface area contributed by atoms with Crippen LogP contribution in [0.25, 0.3) is 0 Å². The van der Waals surface area contributed by atoms with Gasteiger partial charge in [0.05, 0.1) is 9.35 Å². The summed E-state index contributed by atoms with van der Waals surface area (Å²) in [6.07, 6.45) is 1.05. The summed E-state index contributed by atoms with van der Waals surface area (Å²) in [6, 6.07) is 2.34. The molecule has 3 nitrogen and oxygen atoms in total. The van der Waals surface area contributed by atoms with E-state index < -0.39 is 0 Å². The van der Waals surface area contributed by atoms with Gasteiger partial charge in [0.2, 0.25) is 0 Å². The van der Waals surface area contributed by atoms with E-state index in [2.05, 4.69) is 21.2 Å². The van der Waals surface area contributed by atoms with E-state index in [9.17, 15) is 4.79 Å². The largest absolute Gasteiger partial charge is 0.337 e. The van der Waals surface area contributed by atoms with Crippen molar-refractivity contribution in [2.75, 3.05) is 20.1 Å². The van der Waals surface area contributed by atoms with Crippen LogP contribution in [0.3, 0.4) is 0 Å². The molecule has 2 heterocycles. The maximum absolute atomic E-state index is 12.0. The SMILES string of the molecule is CNC1CCN(C(=O)c2csc(Br)c2)C1.Cl. The second kappa shape index (κ2) is 6.00. The van der Waals surface area contributed by atoms with Gasteiger partial charge in [-0.25, -0.2) is 0 Å². The van der Waals surface area contributed by atoms with Crippen LogP contribution in [0.15, 0.2) is 15.2 Å². The van der Waals surface area contributed by atoms with Crippen LogP contribution in [0, 0.1) is 0 Å². The molecule has 16 heavy (non-hydrogen) atoms. The van der Waals surface area contributed by atoms with Crippen molar-refractivity contribution >= 4 is 45.6 Å². The van der Waals surface area contributed by atoms with Crippen molar-refractivity contribution in [1.29, 1.82) is 0 Å². The van der Waals surface area contributed by atoms with Crippen molar-refractivity contribution in [1.82, 2.24) is 10.2 Å². The van der Waals surface area contributed by atoms with Gasteiger partial charge in [0.1, 0.15) is 0 Å². The van der Waals surface area contributed by atoms with E-state index in [-0.39, 0.29) is 18.3 Å². The standard InChI is InChI=1S/C10H13BrN2OS.ClH/c1-12-8-2-3-13(5-8)10(14)7-4-9(11)15-6-7;/h4,6,8,12H,2-3,5H2,1H3;1H. The average molecular weight is 326 g/mol. The van der Waals surface area contributed by atoms with Gasteiger partial charge in [-0.15, -0.1) is 23.7 Å². The third kappa shape index (κ3) is 2.97. The van der Waals surface area contributed by atoms with Gasteiger partial charge >= 0.3 is 0 Å². The lowest BCUT2D eigenvalue weighted by molar-refractivity contribution is 0.0790. The number of rotatable bonds is 2. The zero-order valence-corrected chi connectivity index (χ0v) is 12.1. The maximum Gasteiger partial charge on any atom is 0.254 e. The average Bonchev–Trinajstić information content (AvgIpc) is 2.84. The number of nitrogens with zero attached hydrogens (tertiary/aromatic N) is 1. The highest BCUT2D eigenvalue weighted by Gasteiger charge is 2.26. The topological polar surface area (TPSA) is 32.3 Å². The number of thiophene rings is 1. The normalized spacial score (nSPS) is 19.6. The Balaban J connectivity index is 0.00000128. The first-order valence-corrected chi connectivity index (χ1v) is 6.58. The summed E-state index contributed by atoms with van der Waals surface area (Å²) in [7, 11) is 1.94. The first kappa shape index (κ1) is 14.0. The number of carbonyl (C=O) groups is 1. The molecular weight excluding hydrogens is 312 g/mol. The molecule has 6 heteroatoms. The Morgan fingerprint density at radius 2 is 2.44 bits per heavy atom. The molecule has 0 bridgehead atoms. The summed E-state index contributed by atoms with van der Waals surface area (Å²) >= 11 is 4.92. The van der Waals surface area contributed by atoms with E-state index in [1.54, 1.807) is 11.3 Å². The van der Waals surface area contributed by atoms with Crippen molar-refractivity contribution in [3.8, 4) is 0 Å². The van der Waals surface area contributed by atoms with Crippen LogP contribution in [0.5, 0.6) is 0 Å². The monoisotopic (exact) mass is 324 g/mol. The summed E-state index contributed by atoms with van der Waals surface area (Å²) in [6.45, 7) is 1.68. The van der Waals surface area contributed by atoms with Crippen LogP contribution < -0.4 is 5.32 Å². The molecule has 1 aliphatic rings. The minimum Gasteiger partial charge on any atom is -0.337 e. The van der Waals surface area contributed by atoms with Gasteiger partial charge in [-0.3, -0.25) is 4.79 Å². The predicted octanol–water partition coefficient (Wildman–Crippen LogP) is 2.37. The van der Waals surface area contributed by atoms with Crippen molar-refractivity contribution in [3.63, 3.8) is 0 Å². The second-order valence-corrected chi connectivity index (χ2v) is 5.96. The number of hydrogen-bond acceptors (Lipinski definition) is 3. The number of likely N-dealkylation sites (N-methyl/N-ethyl adjacent to an activating group) is 1. The van der Waals surface area contributed by atoms with E-state index in [1.165, 1.54) is 0 Å². The fourth-order valence-corrected chi connectivity index (χ4v) is 2.92. The molecule has 1 aliphatic heterocycles. The molecule has 1 amide bonds. The molecule has 1 atom stereocenters. The number of halogens is 2. The van der Waals surface area contributed by atoms with Crippen LogP contribution in [-0.4, -0.2) is 37.0 Å². The van der Waals surface area contributed by atoms with Gasteiger partial charge in [0.15, 0.2) is 0 Å². The van der Waals surface area contributed by atoms with Gasteiger partial charge in [-0.1, -0.05) is 0 Å². The molecule has 0 aliphatic carbocycles. The third-order valence-corrected chi connectivity index (χ3v) is 4.20. The first-order valence-electron chi connectivity index (χ1n) is 4.91. The summed E-state index contributed by atoms with van der Waals surface area (Å²) < 4.78 is 1.01. The second-order valence-electron chi connectivity index (χ2n) is 3.66. The van der Waals surface area contributed by atoms with Gasteiger partial charge in [-0.2, -0.15) is 0 Å². The number of carbonyl (C=O) groups excluding carboxylic acids is 1. The summed E-state index contributed by atoms with van der Waals surface area (Å²) in [5.74, 6) is 0.148. The van der Waals surface area contributed by atoms with Crippen molar-refractivity contribution in [2.24, 2.45) is 0 Å². The van der Waals surface area contributed by atoms with E-state index >= 15 is 0 Å². The zero-order chi connectivity index (χ0) is 10.8. The molecular formula is C10H14BrClN2OS. The van der Waals surface area contributed by atoms with Gasteiger partial charge in [-0.05, 0) is 35.5 Å². The highest BCUT2D eigenvalue weighted by atomic mass is 79.9. The van der Waals surface area contributed by atoms with E-state index in [0.29, 0.717) is 6.04 Å². The Morgan fingerprint density at radius 1 is 1.69 bits per heavy atom. The van der Waals surface area contributed by atoms with E-state index in [0.717, 1.165) is 28.9 Å². The third-order valence-electron chi connectivity index (χ3n) is 2.70. The van der Waals surface area contributed by atoms with Crippen LogP contribution >= 0.6 is 39.7 Å². The van der Waals surface area contributed by atoms with Crippen LogP contribution in [0.1, 0.15) is 16.8 Å². The molecule has 1 N–H and O–H groups in total. The van der Waals surface area contributed by atoms with Gasteiger partial charge in [0.25, 0.3) is 5.91 Å². The Labute approximate surface area is 114 Å². The zero-order valence-electron chi connectivity index (χ0n) is 8.90. The van der Waals surface area contributed by atoms with Gasteiger partial charge in [0, 0.05) is 24.5 Å². The number of nitrogens with one attached hydrogen (secondary N) is 1. The van der Waals surface area contributed by atoms with Crippen molar-refractivity contribution in [3.05, 3.63) is 20.8 Å². The highest BCUT2D eigenvalue weighted by Crippen LogP contribution is 2.23. The maximum atomic E-state index is 12.0. The molecule has 2 rings (SSSR count). The molecule has 1 fully saturated rings. The first-order chi connectivity index (χ1) is 7.20. The van der Waals surface area contributed by atoms with Crippen LogP contribution in [-0.2, 0) is 0 Å². The molecule has 1 saturated heterocycles. The lowest BCUT2D eigenvalue weighted by atomic mass is 10.3. The minimum absolute atomic E-state index is 0. The lowest BCUT2D eigenvalue weighted by Crippen LogP contribution is -2.33. The lowest BCUT2D eigenvalue weighted by Gasteiger charge is -2.15. The fraction of sp³-hybridized carbons (Fsp3) is 0.500. The molecule has 1 unspecified atom stereocenters. The van der Waals surface area contributed by atoms with E-state index in [1.807, 2.05) is 23.4 Å². The molecule has 0 aromatic carbocycles. The van der Waals surface area contributed by atoms with Crippen LogP contribution in [0.4, 0.5) is 0 Å². The summed E-state index contributed by atoms with van der Waals surface area (Å²) in [5.41, 5.74) is 0.795. The van der Waals surface area contributed by atoms with Crippen molar-refractivity contribution in [2.45, 2.75) is 12.5 Å². The highest BCUT2D eigenvalue weighted by molar-refractivity contribution is 9.11. The fourth-order valence-electron chi connectivity index (χ4n) is 1.79. The molecule has 0 radical (unpaired) electrons. The molecule has 1 aromatic heterocycles. The van der Waals surface area contributed by atoms with Gasteiger partial charge < -0.3 is 10.2 Å². The Morgan fingerprint density at radius 3 is 2.94 bits per heavy atom. The Kier molecular flexibility index (Phi) is 5.24. The van der Waals surface area contributed by atoms with Crippen molar-refractivity contribution < 1.29 is 4.79 Å². The number of amides is 1. The summed E-state index contributed by atoms with van der Waals surface area (Å²) in [5, 5.41) is 5.11. The molecule has 1 aromatic rings. The van der Waals surface area contributed by atoms with Crippen LogP contribution in [0.2, 0.25) is 0 Å². The Bertz CT molecular complexity index is 371. The molecule has 0 saturated carbocycles. The number of hydrogen-bond donors (Lipinski definition) is 1. The van der Waals surface area contributed by atoms with E-state index in [4.69, 9.17) is 0 Å². The quantitative estimate of drug-likeness (QED) is 0.905. The Hall–Kier alpha value is -0.100. The number of likely N-dealkylation sites (tertiary alicyclic amines) is 1. The smallest absolute Gasteiger partial charge is 0.254 e. The predicted molar refractivity (Wildman–Crippen MR) is 72.6 cm³/mol.